The Hall–Kier alpha value is -1.00. The number of nitro groups is 1. The van der Waals surface area contributed by atoms with Crippen LogP contribution in [0.5, 0.6) is 5.75 Å². The van der Waals surface area contributed by atoms with E-state index < -0.39 is 4.92 Å². The first kappa shape index (κ1) is 10.1. The van der Waals surface area contributed by atoms with Gasteiger partial charge >= 0.3 is 0 Å². The summed E-state index contributed by atoms with van der Waals surface area (Å²) < 4.78 is 0. The summed E-state index contributed by atoms with van der Waals surface area (Å²) in [7, 11) is 0. The van der Waals surface area contributed by atoms with Crippen molar-refractivity contribution in [3.8, 4) is 5.75 Å². The number of hydrogen-bond acceptors (Lipinski definition) is 3. The maximum Gasteiger partial charge on any atom is 0.295 e. The zero-order chi connectivity index (χ0) is 10.2. The summed E-state index contributed by atoms with van der Waals surface area (Å²) in [5.74, 6) is -0.235. The van der Waals surface area contributed by atoms with E-state index in [4.69, 9.17) is 23.2 Å². The van der Waals surface area contributed by atoms with E-state index in [-0.39, 0.29) is 27.0 Å². The molecule has 1 rings (SSSR count). The summed E-state index contributed by atoms with van der Waals surface area (Å²) in [5.41, 5.74) is -0.244. The largest absolute Gasteiger partial charge is 0.507 e. The molecule has 6 heteroatoms. The number of nitro benzene ring substituents is 1. The van der Waals surface area contributed by atoms with Gasteiger partial charge in [0.05, 0.1) is 15.5 Å². The van der Waals surface area contributed by atoms with Crippen LogP contribution in [-0.4, -0.2) is 10.0 Å². The van der Waals surface area contributed by atoms with Gasteiger partial charge in [-0.2, -0.15) is 0 Å². The molecule has 1 aromatic rings. The molecule has 0 atom stereocenters. The van der Waals surface area contributed by atoms with Crippen LogP contribution in [0.25, 0.3) is 0 Å². The van der Waals surface area contributed by atoms with Crippen molar-refractivity contribution in [3.63, 3.8) is 0 Å². The molecule has 0 amide bonds. The summed E-state index contributed by atoms with van der Waals surface area (Å²) in [6.07, 6.45) is 0. The van der Waals surface area contributed by atoms with Crippen LogP contribution in [0.1, 0.15) is 5.56 Å². The summed E-state index contributed by atoms with van der Waals surface area (Å²) in [6.45, 7) is 1.40. The van der Waals surface area contributed by atoms with Crippen molar-refractivity contribution in [2.24, 2.45) is 0 Å². The molecule has 1 aromatic carbocycles. The zero-order valence-electron chi connectivity index (χ0n) is 6.54. The molecule has 0 saturated carbocycles. The van der Waals surface area contributed by atoms with E-state index in [0.717, 1.165) is 0 Å². The molecule has 0 aliphatic heterocycles. The van der Waals surface area contributed by atoms with Crippen molar-refractivity contribution in [1.82, 2.24) is 0 Å². The SMILES string of the molecule is Cc1c(O)cc(Cl)c(Cl)c1[N+](=O)[O-]. The lowest BCUT2D eigenvalue weighted by atomic mass is 10.2. The molecule has 0 saturated heterocycles. The second-order valence-electron chi connectivity index (χ2n) is 2.42. The fourth-order valence-electron chi connectivity index (χ4n) is 0.908. The molecule has 0 radical (unpaired) electrons. The van der Waals surface area contributed by atoms with Gasteiger partial charge in [0.2, 0.25) is 0 Å². The Bertz CT molecular complexity index is 352. The average Bonchev–Trinajstić information content (AvgIpc) is 2.01. The van der Waals surface area contributed by atoms with E-state index >= 15 is 0 Å². The van der Waals surface area contributed by atoms with Crippen LogP contribution in [0.3, 0.4) is 0 Å². The van der Waals surface area contributed by atoms with E-state index in [0.29, 0.717) is 0 Å². The summed E-state index contributed by atoms with van der Waals surface area (Å²) >= 11 is 11.1. The molecule has 0 aromatic heterocycles. The van der Waals surface area contributed by atoms with E-state index in [2.05, 4.69) is 0 Å². The Morgan fingerprint density at radius 1 is 1.54 bits per heavy atom. The highest BCUT2D eigenvalue weighted by atomic mass is 35.5. The molecule has 0 unspecified atom stereocenters. The monoisotopic (exact) mass is 221 g/mol. The number of phenols is 1. The van der Waals surface area contributed by atoms with Crippen LogP contribution >= 0.6 is 23.2 Å². The van der Waals surface area contributed by atoms with Gasteiger partial charge in [-0.05, 0) is 6.92 Å². The number of phenolic OH excluding ortho intramolecular Hbond substituents is 1. The molecule has 1 N–H and O–H groups in total. The Morgan fingerprint density at radius 2 is 2.08 bits per heavy atom. The van der Waals surface area contributed by atoms with Crippen LogP contribution in [0, 0.1) is 17.0 Å². The van der Waals surface area contributed by atoms with Crippen molar-refractivity contribution >= 4 is 28.9 Å². The minimum absolute atomic E-state index is 0.0310. The van der Waals surface area contributed by atoms with Crippen molar-refractivity contribution in [1.29, 1.82) is 0 Å². The fraction of sp³-hybridized carbons (Fsp3) is 0.143. The van der Waals surface area contributed by atoms with E-state index in [1.54, 1.807) is 0 Å². The lowest BCUT2D eigenvalue weighted by Crippen LogP contribution is -1.93. The molecule has 0 fully saturated rings. The highest BCUT2D eigenvalue weighted by molar-refractivity contribution is 6.43. The van der Waals surface area contributed by atoms with Gasteiger partial charge in [0, 0.05) is 6.07 Å². The van der Waals surface area contributed by atoms with E-state index in [9.17, 15) is 15.2 Å². The smallest absolute Gasteiger partial charge is 0.295 e. The quantitative estimate of drug-likeness (QED) is 0.586. The van der Waals surface area contributed by atoms with Crippen molar-refractivity contribution in [3.05, 3.63) is 31.8 Å². The molecule has 0 aliphatic rings. The highest BCUT2D eigenvalue weighted by Crippen LogP contribution is 2.39. The minimum atomic E-state index is -0.677. The zero-order valence-corrected chi connectivity index (χ0v) is 8.06. The second kappa shape index (κ2) is 3.40. The van der Waals surface area contributed by atoms with Gasteiger partial charge < -0.3 is 5.11 Å². The Balaban J connectivity index is 3.56. The normalized spacial score (nSPS) is 10.1. The summed E-state index contributed by atoms with van der Waals surface area (Å²) in [4.78, 5) is 9.82. The first-order valence-electron chi connectivity index (χ1n) is 3.27. The van der Waals surface area contributed by atoms with Crippen LogP contribution in [0.15, 0.2) is 6.07 Å². The standard InChI is InChI=1S/C7H5Cl2NO3/c1-3-5(11)2-4(8)6(9)7(3)10(12)13/h2,11H,1H3. The lowest BCUT2D eigenvalue weighted by molar-refractivity contribution is -0.385. The Morgan fingerprint density at radius 3 is 2.54 bits per heavy atom. The van der Waals surface area contributed by atoms with Gasteiger partial charge in [-0.15, -0.1) is 0 Å². The molecule has 4 nitrogen and oxygen atoms in total. The molecule has 13 heavy (non-hydrogen) atoms. The summed E-state index contributed by atoms with van der Waals surface area (Å²) in [6, 6.07) is 1.17. The topological polar surface area (TPSA) is 63.4 Å². The number of nitrogens with zero attached hydrogens (tertiary/aromatic N) is 1. The van der Waals surface area contributed by atoms with Crippen LogP contribution in [0.2, 0.25) is 10.0 Å². The fourth-order valence-corrected chi connectivity index (χ4v) is 1.37. The number of benzene rings is 1. The first-order valence-corrected chi connectivity index (χ1v) is 4.02. The Labute approximate surface area is 83.9 Å². The molecule has 0 spiro atoms. The predicted octanol–water partition coefficient (Wildman–Crippen LogP) is 2.92. The summed E-state index contributed by atoms with van der Waals surface area (Å²) in [5, 5.41) is 19.5. The van der Waals surface area contributed by atoms with E-state index in [1.165, 1.54) is 13.0 Å². The minimum Gasteiger partial charge on any atom is -0.507 e. The van der Waals surface area contributed by atoms with Gasteiger partial charge in [0.25, 0.3) is 5.69 Å². The second-order valence-corrected chi connectivity index (χ2v) is 3.21. The van der Waals surface area contributed by atoms with Gasteiger partial charge in [0.15, 0.2) is 0 Å². The number of aromatic hydroxyl groups is 1. The number of halogens is 2. The van der Waals surface area contributed by atoms with Crippen molar-refractivity contribution in [2.75, 3.05) is 0 Å². The van der Waals surface area contributed by atoms with Gasteiger partial charge in [0.1, 0.15) is 10.8 Å². The predicted molar refractivity (Wildman–Crippen MR) is 49.5 cm³/mol. The number of rotatable bonds is 1. The molecule has 0 aliphatic carbocycles. The highest BCUT2D eigenvalue weighted by Gasteiger charge is 2.22. The average molecular weight is 222 g/mol. The molecular weight excluding hydrogens is 217 g/mol. The van der Waals surface area contributed by atoms with Gasteiger partial charge in [-0.3, -0.25) is 10.1 Å². The van der Waals surface area contributed by atoms with E-state index in [1.807, 2.05) is 0 Å². The number of hydrogen-bond donors (Lipinski definition) is 1. The van der Waals surface area contributed by atoms with Crippen LogP contribution in [0.4, 0.5) is 5.69 Å². The maximum atomic E-state index is 10.5. The third-order valence-electron chi connectivity index (χ3n) is 1.60. The molecule has 70 valence electrons. The third kappa shape index (κ3) is 1.68. The van der Waals surface area contributed by atoms with Crippen molar-refractivity contribution < 1.29 is 10.0 Å². The maximum absolute atomic E-state index is 10.5. The molecular formula is C7H5Cl2NO3. The van der Waals surface area contributed by atoms with Crippen molar-refractivity contribution in [2.45, 2.75) is 6.92 Å². The van der Waals surface area contributed by atoms with Gasteiger partial charge in [-0.25, -0.2) is 0 Å². The van der Waals surface area contributed by atoms with Gasteiger partial charge in [-0.1, -0.05) is 23.2 Å². The third-order valence-corrected chi connectivity index (χ3v) is 2.38. The first-order chi connectivity index (χ1) is 5.95. The van der Waals surface area contributed by atoms with Crippen LogP contribution < -0.4 is 0 Å². The van der Waals surface area contributed by atoms with Crippen LogP contribution in [-0.2, 0) is 0 Å². The molecule has 0 bridgehead atoms. The molecule has 0 heterocycles. The Kier molecular flexibility index (Phi) is 2.63. The lowest BCUT2D eigenvalue weighted by Gasteiger charge is -2.03.